The van der Waals surface area contributed by atoms with Crippen molar-refractivity contribution in [3.8, 4) is 34.3 Å². The fourth-order valence-corrected chi connectivity index (χ4v) is 5.87. The van der Waals surface area contributed by atoms with Gasteiger partial charge in [0.2, 0.25) is 23.8 Å². The summed E-state index contributed by atoms with van der Waals surface area (Å²) in [4.78, 5) is 26.8. The van der Waals surface area contributed by atoms with Crippen molar-refractivity contribution < 1.29 is 78.9 Å². The Balaban J connectivity index is 1.45. The van der Waals surface area contributed by atoms with Crippen molar-refractivity contribution in [3.63, 3.8) is 0 Å². The second-order valence-corrected chi connectivity index (χ2v) is 13.4. The predicted octanol–water partition coefficient (Wildman–Crippen LogP) is 0.471. The van der Waals surface area contributed by atoms with E-state index in [1.165, 1.54) is 56.3 Å². The first kappa shape index (κ1) is 40.6. The summed E-state index contributed by atoms with van der Waals surface area (Å²) in [5.41, 5.74) is -2.11. The second-order valence-electron chi connectivity index (χ2n) is 13.4. The average Bonchev–Trinajstić information content (AvgIpc) is 3.13. The number of esters is 1. The Morgan fingerprint density at radius 3 is 2.26 bits per heavy atom. The number of hydrogen-bond acceptors (Lipinski definition) is 17. The monoisotopic (exact) mass is 760 g/mol. The maximum absolute atomic E-state index is 14.0. The van der Waals surface area contributed by atoms with E-state index in [4.69, 9.17) is 28.1 Å². The standard InChI is InChI=1S/C37H44O17/c1-5-37(4,48)12-6-7-16(2)34(47)53-32-25(41)17(3)49-36(30(32)46)50-20-13-21(40)24-22(14-20)51-31(18-8-10-19(39)11-9-18)33(27(24)43)54-35-29(45)28(44)26(42)23(15-38)52-35/h5,7-11,13-14,17,23,25-26,28-30,32,35-36,38-42,44-46,48H,1,6,12,15H2,2-4H3/b16-7+/t17-,23+,25-,26+,28-,29+,30+,32+,35-,36-,37-/m0/s1. The smallest absolute Gasteiger partial charge is 0.333 e. The van der Waals surface area contributed by atoms with Gasteiger partial charge in [-0.25, -0.2) is 4.79 Å². The van der Waals surface area contributed by atoms with Crippen LogP contribution in [-0.4, -0.2) is 126 Å². The van der Waals surface area contributed by atoms with Crippen LogP contribution in [0.1, 0.15) is 33.6 Å². The molecule has 17 heteroatoms. The van der Waals surface area contributed by atoms with Crippen molar-refractivity contribution in [2.75, 3.05) is 6.61 Å². The highest BCUT2D eigenvalue weighted by Crippen LogP contribution is 2.38. The van der Waals surface area contributed by atoms with Crippen molar-refractivity contribution in [3.05, 3.63) is 70.9 Å². The Hall–Kier alpha value is -4.56. The summed E-state index contributed by atoms with van der Waals surface area (Å²) in [6, 6.07) is 7.45. The molecule has 2 aliphatic heterocycles. The molecule has 0 saturated carbocycles. The van der Waals surface area contributed by atoms with Gasteiger partial charge in [-0.1, -0.05) is 12.2 Å². The number of fused-ring (bicyclic) bond motifs is 1. The number of hydrogen-bond donors (Lipinski definition) is 9. The second kappa shape index (κ2) is 16.4. The molecule has 17 nitrogen and oxygen atoms in total. The van der Waals surface area contributed by atoms with Crippen molar-refractivity contribution in [2.24, 2.45) is 0 Å². The van der Waals surface area contributed by atoms with Gasteiger partial charge in [0.1, 0.15) is 58.7 Å². The molecule has 0 spiro atoms. The lowest BCUT2D eigenvalue weighted by molar-refractivity contribution is -0.277. The minimum Gasteiger partial charge on any atom is -0.508 e. The summed E-state index contributed by atoms with van der Waals surface area (Å²) in [5, 5.41) is 93.2. The summed E-state index contributed by atoms with van der Waals surface area (Å²) in [7, 11) is 0. The van der Waals surface area contributed by atoms with Crippen LogP contribution < -0.4 is 14.9 Å². The molecule has 0 unspecified atom stereocenters. The Morgan fingerprint density at radius 2 is 1.61 bits per heavy atom. The molecule has 0 aliphatic carbocycles. The highest BCUT2D eigenvalue weighted by molar-refractivity contribution is 5.89. The lowest BCUT2D eigenvalue weighted by atomic mass is 9.99. The number of rotatable bonds is 12. The number of aliphatic hydroxyl groups is 7. The van der Waals surface area contributed by atoms with Gasteiger partial charge in [-0.15, -0.1) is 6.58 Å². The van der Waals surface area contributed by atoms with E-state index in [0.29, 0.717) is 6.42 Å². The molecule has 1 aromatic heterocycles. The third-order valence-electron chi connectivity index (χ3n) is 9.26. The van der Waals surface area contributed by atoms with Gasteiger partial charge < -0.3 is 74.1 Å². The third-order valence-corrected chi connectivity index (χ3v) is 9.26. The van der Waals surface area contributed by atoms with E-state index in [1.807, 2.05) is 0 Å². The summed E-state index contributed by atoms with van der Waals surface area (Å²) in [6.07, 6.45) is -12.5. The third kappa shape index (κ3) is 8.54. The molecule has 0 bridgehead atoms. The Kier molecular flexibility index (Phi) is 12.4. The number of carbonyl (C=O) groups is 1. The van der Waals surface area contributed by atoms with Crippen LogP contribution in [0.4, 0.5) is 0 Å². The lowest BCUT2D eigenvalue weighted by Crippen LogP contribution is -2.60. The average molecular weight is 761 g/mol. The highest BCUT2D eigenvalue weighted by atomic mass is 16.7. The molecule has 3 heterocycles. The summed E-state index contributed by atoms with van der Waals surface area (Å²) < 4.78 is 34.1. The van der Waals surface area contributed by atoms with Crippen LogP contribution in [0.25, 0.3) is 22.3 Å². The van der Waals surface area contributed by atoms with Crippen molar-refractivity contribution in [2.45, 2.75) is 101 Å². The first-order valence-corrected chi connectivity index (χ1v) is 17.0. The number of aliphatic hydroxyl groups excluding tert-OH is 6. The first-order valence-electron chi connectivity index (χ1n) is 17.0. The van der Waals surface area contributed by atoms with E-state index in [-0.39, 0.29) is 40.4 Å². The van der Waals surface area contributed by atoms with E-state index in [9.17, 15) is 55.5 Å². The molecule has 3 aromatic rings. The molecule has 0 radical (unpaired) electrons. The van der Waals surface area contributed by atoms with Gasteiger partial charge in [-0.3, -0.25) is 4.79 Å². The first-order chi connectivity index (χ1) is 25.5. The van der Waals surface area contributed by atoms with Crippen LogP contribution >= 0.6 is 0 Å². The number of phenolic OH excluding ortho intramolecular Hbond substituents is 2. The predicted molar refractivity (Wildman–Crippen MR) is 186 cm³/mol. The van der Waals surface area contributed by atoms with Crippen molar-refractivity contribution in [1.82, 2.24) is 0 Å². The SMILES string of the molecule is C=C[C@](C)(O)CC/C=C(\C)C(=O)O[C@@H]1[C@@H](O)[C@H](C)O[C@@H](Oc2cc(O)c3c(=O)c(O[C@@H]4O[C@H](CO)[C@@H](O)[C@H](O)[C@H]4O)c(-c4ccc(O)cc4)oc3c2)[C@@H]1O. The highest BCUT2D eigenvalue weighted by Gasteiger charge is 2.47. The molecule has 5 rings (SSSR count). The minimum atomic E-state index is -1.90. The fourth-order valence-electron chi connectivity index (χ4n) is 5.87. The van der Waals surface area contributed by atoms with E-state index in [0.717, 1.165) is 6.07 Å². The number of aromatic hydroxyl groups is 2. The summed E-state index contributed by atoms with van der Waals surface area (Å²) in [5.74, 6) is -2.80. The van der Waals surface area contributed by atoms with E-state index < -0.39 is 102 Å². The van der Waals surface area contributed by atoms with Crippen LogP contribution in [0.3, 0.4) is 0 Å². The maximum Gasteiger partial charge on any atom is 0.333 e. The van der Waals surface area contributed by atoms with Crippen LogP contribution in [0, 0.1) is 0 Å². The molecule has 2 fully saturated rings. The number of phenols is 2. The Bertz CT molecular complexity index is 1900. The topological polar surface area (TPSA) is 275 Å². The van der Waals surface area contributed by atoms with Gasteiger partial charge in [-0.05, 0) is 57.9 Å². The maximum atomic E-state index is 14.0. The molecular formula is C37H44O17. The molecule has 2 aromatic carbocycles. The molecular weight excluding hydrogens is 716 g/mol. The molecule has 54 heavy (non-hydrogen) atoms. The number of benzene rings is 2. The Morgan fingerprint density at radius 1 is 0.944 bits per heavy atom. The zero-order chi connectivity index (χ0) is 39.6. The number of carbonyl (C=O) groups excluding carboxylic acids is 1. The minimum absolute atomic E-state index is 0.134. The summed E-state index contributed by atoms with van der Waals surface area (Å²) >= 11 is 0. The zero-order valence-electron chi connectivity index (χ0n) is 29.5. The molecule has 0 amide bonds. The van der Waals surface area contributed by atoms with Crippen molar-refractivity contribution in [1.29, 1.82) is 0 Å². The lowest BCUT2D eigenvalue weighted by Gasteiger charge is -2.40. The van der Waals surface area contributed by atoms with Crippen LogP contribution in [-0.2, 0) is 19.0 Å². The van der Waals surface area contributed by atoms with E-state index in [2.05, 4.69) is 6.58 Å². The largest absolute Gasteiger partial charge is 0.508 e. The normalized spacial score (nSPS) is 30.0. The van der Waals surface area contributed by atoms with Crippen LogP contribution in [0.5, 0.6) is 23.0 Å². The molecule has 2 aliphatic rings. The number of allylic oxidation sites excluding steroid dienone is 1. The molecule has 2 saturated heterocycles. The van der Waals surface area contributed by atoms with Gasteiger partial charge in [0.25, 0.3) is 0 Å². The van der Waals surface area contributed by atoms with E-state index >= 15 is 0 Å². The Labute approximate surface area is 308 Å². The fraction of sp³-hybridized carbons (Fsp3) is 0.459. The van der Waals surface area contributed by atoms with Gasteiger partial charge in [-0.2, -0.15) is 0 Å². The quantitative estimate of drug-likeness (QED) is 0.0689. The van der Waals surface area contributed by atoms with Gasteiger partial charge in [0.05, 0.1) is 18.3 Å². The van der Waals surface area contributed by atoms with Crippen LogP contribution in [0.2, 0.25) is 0 Å². The van der Waals surface area contributed by atoms with Gasteiger partial charge in [0, 0.05) is 23.3 Å². The van der Waals surface area contributed by atoms with Crippen molar-refractivity contribution >= 4 is 16.9 Å². The molecule has 9 N–H and O–H groups in total. The number of ether oxygens (including phenoxy) is 5. The van der Waals surface area contributed by atoms with E-state index in [1.54, 1.807) is 6.92 Å². The zero-order valence-corrected chi connectivity index (χ0v) is 29.5. The van der Waals surface area contributed by atoms with Crippen LogP contribution in [0.15, 0.2) is 69.9 Å². The summed E-state index contributed by atoms with van der Waals surface area (Å²) in [6.45, 7) is 7.27. The van der Waals surface area contributed by atoms with Gasteiger partial charge >= 0.3 is 5.97 Å². The molecule has 294 valence electrons. The molecule has 11 atom stereocenters. The van der Waals surface area contributed by atoms with Gasteiger partial charge in [0.15, 0.2) is 18.0 Å².